The van der Waals surface area contributed by atoms with Crippen LogP contribution in [-0.4, -0.2) is 66.3 Å². The predicted octanol–water partition coefficient (Wildman–Crippen LogP) is 1.80. The number of ether oxygens (including phenoxy) is 1. The first-order valence-electron chi connectivity index (χ1n) is 10.1. The largest absolute Gasteiger partial charge is 0.495 e. The van der Waals surface area contributed by atoms with E-state index in [2.05, 4.69) is 4.90 Å². The van der Waals surface area contributed by atoms with Gasteiger partial charge < -0.3 is 9.64 Å². The molecule has 3 heterocycles. The summed E-state index contributed by atoms with van der Waals surface area (Å²) in [5.41, 5.74) is 0.502. The van der Waals surface area contributed by atoms with Crippen LogP contribution in [0.1, 0.15) is 38.5 Å². The summed E-state index contributed by atoms with van der Waals surface area (Å²) in [6.45, 7) is 2.25. The number of hydrogen-bond donors (Lipinski definition) is 0. The number of para-hydroxylation sites is 2. The molecule has 0 aromatic heterocycles. The van der Waals surface area contributed by atoms with E-state index in [1.807, 2.05) is 11.0 Å². The number of imide groups is 1. The van der Waals surface area contributed by atoms with Gasteiger partial charge in [-0.05, 0) is 44.4 Å². The lowest BCUT2D eigenvalue weighted by Gasteiger charge is -2.42. The second-order valence-corrected chi connectivity index (χ2v) is 7.79. The van der Waals surface area contributed by atoms with Crippen molar-refractivity contribution in [2.24, 2.45) is 0 Å². The number of rotatable bonds is 4. The highest BCUT2D eigenvalue weighted by Gasteiger charge is 2.45. The number of likely N-dealkylation sites (tertiary alicyclic amines) is 2. The van der Waals surface area contributed by atoms with Crippen molar-refractivity contribution in [2.45, 2.75) is 50.6 Å². The molecule has 1 aromatic carbocycles. The van der Waals surface area contributed by atoms with Crippen molar-refractivity contribution in [1.29, 1.82) is 0 Å². The highest BCUT2D eigenvalue weighted by molar-refractivity contribution is 6.23. The summed E-state index contributed by atoms with van der Waals surface area (Å²) in [7, 11) is 1.53. The van der Waals surface area contributed by atoms with E-state index < -0.39 is 6.04 Å². The molecule has 3 amide bonds. The third-order valence-electron chi connectivity index (χ3n) is 6.12. The van der Waals surface area contributed by atoms with Crippen LogP contribution in [0.25, 0.3) is 0 Å². The molecule has 2 unspecified atom stereocenters. The van der Waals surface area contributed by atoms with Crippen LogP contribution in [-0.2, 0) is 14.4 Å². The first-order valence-corrected chi connectivity index (χ1v) is 10.1. The van der Waals surface area contributed by atoms with Gasteiger partial charge in [0.25, 0.3) is 5.91 Å². The summed E-state index contributed by atoms with van der Waals surface area (Å²) in [5.74, 6) is 0.346. The Balaban J connectivity index is 1.51. The maximum Gasteiger partial charge on any atom is 0.251 e. The number of hydrogen-bond acceptors (Lipinski definition) is 5. The van der Waals surface area contributed by atoms with Gasteiger partial charge >= 0.3 is 0 Å². The number of anilines is 1. The molecule has 3 aliphatic rings. The number of piperidine rings is 2. The Bertz CT molecular complexity index is 781. The quantitative estimate of drug-likeness (QED) is 0.740. The van der Waals surface area contributed by atoms with Crippen LogP contribution < -0.4 is 9.64 Å². The molecular weight excluding hydrogens is 358 g/mol. The fraction of sp³-hybridized carbons (Fsp3) is 0.571. The van der Waals surface area contributed by atoms with E-state index in [1.54, 1.807) is 18.2 Å². The molecule has 0 radical (unpaired) electrons. The molecule has 150 valence electrons. The third kappa shape index (κ3) is 3.39. The second kappa shape index (κ2) is 7.91. The Kier molecular flexibility index (Phi) is 5.35. The number of carbonyl (C=O) groups is 3. The summed E-state index contributed by atoms with van der Waals surface area (Å²) in [5, 5.41) is 0. The van der Waals surface area contributed by atoms with Gasteiger partial charge in [-0.1, -0.05) is 12.1 Å². The lowest BCUT2D eigenvalue weighted by Crippen LogP contribution is -2.55. The van der Waals surface area contributed by atoms with Gasteiger partial charge in [-0.25, -0.2) is 4.90 Å². The first kappa shape index (κ1) is 18.9. The average Bonchev–Trinajstić information content (AvgIpc) is 3.02. The van der Waals surface area contributed by atoms with Crippen LogP contribution in [0.3, 0.4) is 0 Å². The molecule has 3 fully saturated rings. The van der Waals surface area contributed by atoms with Gasteiger partial charge in [0, 0.05) is 25.6 Å². The van der Waals surface area contributed by atoms with Gasteiger partial charge in [-0.2, -0.15) is 0 Å². The van der Waals surface area contributed by atoms with E-state index in [-0.39, 0.29) is 30.2 Å². The summed E-state index contributed by atoms with van der Waals surface area (Å²) < 4.78 is 5.34. The molecular formula is C21H27N3O4. The Hall–Kier alpha value is -2.41. The van der Waals surface area contributed by atoms with Gasteiger partial charge in [0.1, 0.15) is 5.75 Å². The number of amides is 3. The topological polar surface area (TPSA) is 70.2 Å². The summed E-state index contributed by atoms with van der Waals surface area (Å²) in [6.07, 6.45) is 4.71. The summed E-state index contributed by atoms with van der Waals surface area (Å²) >= 11 is 0. The van der Waals surface area contributed by atoms with Crippen LogP contribution in [0.4, 0.5) is 5.69 Å². The van der Waals surface area contributed by atoms with Crippen LogP contribution >= 0.6 is 0 Å². The molecule has 0 N–H and O–H groups in total. The first-order chi connectivity index (χ1) is 13.6. The van der Waals surface area contributed by atoms with Gasteiger partial charge in [0.2, 0.25) is 11.8 Å². The fourth-order valence-electron chi connectivity index (χ4n) is 4.70. The maximum absolute atomic E-state index is 13.2. The van der Waals surface area contributed by atoms with Crippen molar-refractivity contribution < 1.29 is 19.1 Å². The van der Waals surface area contributed by atoms with Crippen LogP contribution in [0.2, 0.25) is 0 Å². The molecule has 7 heteroatoms. The van der Waals surface area contributed by atoms with Gasteiger partial charge in [0.15, 0.2) is 0 Å². The van der Waals surface area contributed by atoms with E-state index in [0.717, 1.165) is 38.8 Å². The predicted molar refractivity (Wildman–Crippen MR) is 104 cm³/mol. The monoisotopic (exact) mass is 385 g/mol. The number of methoxy groups -OCH3 is 1. The summed E-state index contributed by atoms with van der Waals surface area (Å²) in [6, 6.07) is 6.79. The molecule has 3 aliphatic heterocycles. The molecule has 0 saturated carbocycles. The Morgan fingerprint density at radius 1 is 1.00 bits per heavy atom. The highest BCUT2D eigenvalue weighted by Crippen LogP contribution is 2.34. The fourth-order valence-corrected chi connectivity index (χ4v) is 4.70. The zero-order valence-electron chi connectivity index (χ0n) is 16.3. The zero-order chi connectivity index (χ0) is 19.7. The second-order valence-electron chi connectivity index (χ2n) is 7.79. The lowest BCUT2D eigenvalue weighted by atomic mass is 9.98. The maximum atomic E-state index is 13.2. The molecule has 0 spiro atoms. The minimum Gasteiger partial charge on any atom is -0.495 e. The molecule has 2 atom stereocenters. The van der Waals surface area contributed by atoms with E-state index in [9.17, 15) is 14.4 Å². The van der Waals surface area contributed by atoms with Crippen molar-refractivity contribution in [1.82, 2.24) is 9.80 Å². The Morgan fingerprint density at radius 2 is 1.82 bits per heavy atom. The third-order valence-corrected chi connectivity index (χ3v) is 6.12. The highest BCUT2D eigenvalue weighted by atomic mass is 16.5. The number of nitrogens with zero attached hydrogens (tertiary/aromatic N) is 3. The van der Waals surface area contributed by atoms with Gasteiger partial charge in [-0.3, -0.25) is 19.3 Å². The normalized spacial score (nSPS) is 26.8. The SMILES string of the molecule is COc1ccccc1N1C(=O)CC(N2CCCC(N3CCCCC3=O)C2)C1=O. The van der Waals surface area contributed by atoms with E-state index in [1.165, 1.54) is 12.0 Å². The van der Waals surface area contributed by atoms with E-state index in [0.29, 0.717) is 24.4 Å². The van der Waals surface area contributed by atoms with E-state index >= 15 is 0 Å². The van der Waals surface area contributed by atoms with Gasteiger partial charge in [-0.15, -0.1) is 0 Å². The minimum atomic E-state index is -0.458. The Labute approximate surface area is 165 Å². The van der Waals surface area contributed by atoms with Crippen molar-refractivity contribution in [3.05, 3.63) is 24.3 Å². The zero-order valence-corrected chi connectivity index (χ0v) is 16.3. The summed E-state index contributed by atoms with van der Waals surface area (Å²) in [4.78, 5) is 43.5. The number of benzene rings is 1. The molecule has 0 aliphatic carbocycles. The van der Waals surface area contributed by atoms with Crippen molar-refractivity contribution >= 4 is 23.4 Å². The molecule has 0 bridgehead atoms. The average molecular weight is 385 g/mol. The lowest BCUT2D eigenvalue weighted by molar-refractivity contribution is -0.137. The molecule has 4 rings (SSSR count). The molecule has 28 heavy (non-hydrogen) atoms. The van der Waals surface area contributed by atoms with Crippen LogP contribution in [0.5, 0.6) is 5.75 Å². The minimum absolute atomic E-state index is 0.143. The van der Waals surface area contributed by atoms with Crippen molar-refractivity contribution in [3.8, 4) is 5.75 Å². The molecule has 1 aromatic rings. The molecule has 7 nitrogen and oxygen atoms in total. The van der Waals surface area contributed by atoms with Gasteiger partial charge in [0.05, 0.1) is 25.3 Å². The number of carbonyl (C=O) groups excluding carboxylic acids is 3. The standard InChI is InChI=1S/C21H27N3O4/c1-28-18-9-3-2-8-16(18)24-20(26)13-17(21(24)27)22-11-6-7-15(14-22)23-12-5-4-10-19(23)25/h2-3,8-9,15,17H,4-7,10-14H2,1H3. The van der Waals surface area contributed by atoms with Crippen molar-refractivity contribution in [2.75, 3.05) is 31.6 Å². The molecule has 3 saturated heterocycles. The van der Waals surface area contributed by atoms with Crippen molar-refractivity contribution in [3.63, 3.8) is 0 Å². The van der Waals surface area contributed by atoms with E-state index in [4.69, 9.17) is 4.74 Å². The van der Waals surface area contributed by atoms with Crippen LogP contribution in [0, 0.1) is 0 Å². The van der Waals surface area contributed by atoms with Crippen LogP contribution in [0.15, 0.2) is 24.3 Å². The Morgan fingerprint density at radius 3 is 2.61 bits per heavy atom. The smallest absolute Gasteiger partial charge is 0.251 e.